The molecule has 22 heavy (non-hydrogen) atoms. The predicted molar refractivity (Wildman–Crippen MR) is 83.7 cm³/mol. The van der Waals surface area contributed by atoms with Crippen molar-refractivity contribution in [3.8, 4) is 0 Å². The molecule has 1 fully saturated rings. The minimum atomic E-state index is -0.483. The Labute approximate surface area is 129 Å². The number of piperidine rings is 1. The largest absolute Gasteiger partial charge is 0.391 e. The summed E-state index contributed by atoms with van der Waals surface area (Å²) in [5.41, 5.74) is 1.25. The molecule has 2 aliphatic heterocycles. The lowest BCUT2D eigenvalue weighted by molar-refractivity contribution is -0.120. The number of benzene rings is 1. The highest BCUT2D eigenvalue weighted by Gasteiger charge is 2.29. The molecule has 1 aromatic carbocycles. The van der Waals surface area contributed by atoms with Gasteiger partial charge in [0.25, 0.3) is 0 Å². The van der Waals surface area contributed by atoms with Crippen molar-refractivity contribution in [3.05, 3.63) is 29.8 Å². The van der Waals surface area contributed by atoms with Gasteiger partial charge in [-0.25, -0.2) is 0 Å². The molecule has 1 unspecified atom stereocenters. The average molecular weight is 300 g/mol. The first-order valence-electron chi connectivity index (χ1n) is 7.76. The van der Waals surface area contributed by atoms with Crippen LogP contribution in [0.3, 0.4) is 0 Å². The molecule has 0 saturated carbocycles. The average Bonchev–Trinajstić information content (AvgIpc) is 2.53. The minimum Gasteiger partial charge on any atom is -0.391 e. The van der Waals surface area contributed by atoms with Gasteiger partial charge in [-0.2, -0.15) is 0 Å². The Hall–Kier alpha value is -1.85. The Morgan fingerprint density at radius 2 is 2.14 bits per heavy atom. The van der Waals surface area contributed by atoms with E-state index in [1.54, 1.807) is 24.4 Å². The van der Waals surface area contributed by atoms with Crippen molar-refractivity contribution in [1.82, 2.24) is 5.32 Å². The van der Waals surface area contributed by atoms with Crippen LogP contribution >= 0.6 is 0 Å². The second-order valence-corrected chi connectivity index (χ2v) is 5.98. The van der Waals surface area contributed by atoms with E-state index in [1.807, 2.05) is 6.07 Å². The van der Waals surface area contributed by atoms with Crippen LogP contribution in [0.2, 0.25) is 0 Å². The van der Waals surface area contributed by atoms with E-state index in [4.69, 9.17) is 0 Å². The number of aliphatic hydroxyl groups excluding tert-OH is 1. The van der Waals surface area contributed by atoms with Gasteiger partial charge in [0, 0.05) is 30.7 Å². The van der Waals surface area contributed by atoms with E-state index in [1.165, 1.54) is 0 Å². The normalized spacial score (nSPS) is 27.5. The zero-order valence-electron chi connectivity index (χ0n) is 12.4. The van der Waals surface area contributed by atoms with E-state index >= 15 is 0 Å². The SMILES string of the molecule is O=C(CC1C=Nc2ccccc2C1=O)C[C@H]1NCCC[C@@H]1O. The predicted octanol–water partition coefficient (Wildman–Crippen LogP) is 1.66. The molecule has 0 radical (unpaired) electrons. The number of rotatable bonds is 4. The number of nitrogens with one attached hydrogen (secondary N) is 1. The number of Topliss-reactive ketones (excluding diaryl/α,β-unsaturated/α-hetero) is 2. The highest BCUT2D eigenvalue weighted by atomic mass is 16.3. The molecule has 2 heterocycles. The van der Waals surface area contributed by atoms with E-state index < -0.39 is 12.0 Å². The van der Waals surface area contributed by atoms with Crippen molar-refractivity contribution in [2.45, 2.75) is 37.8 Å². The van der Waals surface area contributed by atoms with Crippen molar-refractivity contribution < 1.29 is 14.7 Å². The van der Waals surface area contributed by atoms with E-state index in [-0.39, 0.29) is 30.4 Å². The first-order valence-corrected chi connectivity index (χ1v) is 7.76. The minimum absolute atomic E-state index is 0.0115. The maximum absolute atomic E-state index is 12.4. The lowest BCUT2D eigenvalue weighted by atomic mass is 9.88. The van der Waals surface area contributed by atoms with Crippen molar-refractivity contribution in [1.29, 1.82) is 0 Å². The summed E-state index contributed by atoms with van der Waals surface area (Å²) in [6, 6.07) is 7.00. The molecular formula is C17H20N2O3. The van der Waals surface area contributed by atoms with Crippen LogP contribution in [0.5, 0.6) is 0 Å². The summed E-state index contributed by atoms with van der Waals surface area (Å²) in [7, 11) is 0. The smallest absolute Gasteiger partial charge is 0.173 e. The molecule has 1 aromatic rings. The highest BCUT2D eigenvalue weighted by Crippen LogP contribution is 2.27. The van der Waals surface area contributed by atoms with Crippen LogP contribution in [0.1, 0.15) is 36.0 Å². The Bertz CT molecular complexity index is 612. The number of hydrogen-bond donors (Lipinski definition) is 2. The van der Waals surface area contributed by atoms with Gasteiger partial charge in [-0.15, -0.1) is 0 Å². The zero-order chi connectivity index (χ0) is 15.5. The summed E-state index contributed by atoms with van der Waals surface area (Å²) in [5.74, 6) is -0.540. The number of ketones is 2. The van der Waals surface area contributed by atoms with Crippen molar-refractivity contribution in [2.75, 3.05) is 6.54 Å². The third kappa shape index (κ3) is 3.15. The Kier molecular flexibility index (Phi) is 4.45. The lowest BCUT2D eigenvalue weighted by Gasteiger charge is -2.28. The number of fused-ring (bicyclic) bond motifs is 1. The second kappa shape index (κ2) is 6.50. The quantitative estimate of drug-likeness (QED) is 0.886. The number of hydrogen-bond acceptors (Lipinski definition) is 5. The molecule has 2 N–H and O–H groups in total. The number of aliphatic imine (C=N–C) groups is 1. The lowest BCUT2D eigenvalue weighted by Crippen LogP contribution is -2.46. The van der Waals surface area contributed by atoms with Gasteiger partial charge in [-0.05, 0) is 31.5 Å². The summed E-state index contributed by atoms with van der Waals surface area (Å²) in [6.45, 7) is 0.826. The molecule has 5 nitrogen and oxygen atoms in total. The fourth-order valence-corrected chi connectivity index (χ4v) is 3.10. The van der Waals surface area contributed by atoms with Gasteiger partial charge in [0.15, 0.2) is 5.78 Å². The highest BCUT2D eigenvalue weighted by molar-refractivity contribution is 6.13. The number of para-hydroxylation sites is 1. The topological polar surface area (TPSA) is 78.8 Å². The molecule has 0 aliphatic carbocycles. The summed E-state index contributed by atoms with van der Waals surface area (Å²) in [4.78, 5) is 28.9. The molecule has 0 spiro atoms. The van der Waals surface area contributed by atoms with Gasteiger partial charge >= 0.3 is 0 Å². The Balaban J connectivity index is 1.62. The fraction of sp³-hybridized carbons (Fsp3) is 0.471. The fourth-order valence-electron chi connectivity index (χ4n) is 3.10. The van der Waals surface area contributed by atoms with Crippen LogP contribution < -0.4 is 5.32 Å². The standard InChI is InChI=1S/C17H20N2O3/c20-12(9-15-16(21)6-3-7-18-15)8-11-10-19-14-5-2-1-4-13(14)17(11)22/h1-2,4-5,10-11,15-16,18,21H,3,6-9H2/t11?,15-,16+/m1/s1. The van der Waals surface area contributed by atoms with E-state index in [2.05, 4.69) is 10.3 Å². The molecule has 2 aliphatic rings. The molecule has 0 bridgehead atoms. The van der Waals surface area contributed by atoms with Gasteiger partial charge in [0.05, 0.1) is 17.7 Å². The van der Waals surface area contributed by atoms with Gasteiger partial charge in [-0.1, -0.05) is 12.1 Å². The Morgan fingerprint density at radius 1 is 1.32 bits per heavy atom. The summed E-state index contributed by atoms with van der Waals surface area (Å²) < 4.78 is 0. The first-order chi connectivity index (χ1) is 10.6. The molecular weight excluding hydrogens is 280 g/mol. The molecule has 0 amide bonds. The molecule has 5 heteroatoms. The summed E-state index contributed by atoms with van der Waals surface area (Å²) in [5, 5.41) is 13.1. The number of aliphatic hydroxyl groups is 1. The van der Waals surface area contributed by atoms with Crippen LogP contribution in [0.25, 0.3) is 0 Å². The van der Waals surface area contributed by atoms with E-state index in [0.29, 0.717) is 11.3 Å². The van der Waals surface area contributed by atoms with Crippen LogP contribution in [0.15, 0.2) is 29.3 Å². The molecule has 116 valence electrons. The molecule has 3 atom stereocenters. The third-order valence-electron chi connectivity index (χ3n) is 4.34. The van der Waals surface area contributed by atoms with Gasteiger partial charge < -0.3 is 10.4 Å². The number of carbonyl (C=O) groups excluding carboxylic acids is 2. The first kappa shape index (κ1) is 15.1. The third-order valence-corrected chi connectivity index (χ3v) is 4.34. The summed E-state index contributed by atoms with van der Waals surface area (Å²) in [6.07, 6.45) is 3.17. The monoisotopic (exact) mass is 300 g/mol. The maximum Gasteiger partial charge on any atom is 0.173 e. The van der Waals surface area contributed by atoms with E-state index in [0.717, 1.165) is 19.4 Å². The van der Waals surface area contributed by atoms with E-state index in [9.17, 15) is 14.7 Å². The molecule has 3 rings (SSSR count). The van der Waals surface area contributed by atoms with Crippen molar-refractivity contribution >= 4 is 23.5 Å². The van der Waals surface area contributed by atoms with Crippen LogP contribution in [0.4, 0.5) is 5.69 Å². The van der Waals surface area contributed by atoms with Gasteiger partial charge in [0.2, 0.25) is 0 Å². The second-order valence-electron chi connectivity index (χ2n) is 5.98. The van der Waals surface area contributed by atoms with Crippen molar-refractivity contribution in [2.24, 2.45) is 10.9 Å². The number of nitrogens with zero attached hydrogens (tertiary/aromatic N) is 1. The van der Waals surface area contributed by atoms with Crippen LogP contribution in [-0.4, -0.2) is 41.6 Å². The molecule has 0 aromatic heterocycles. The van der Waals surface area contributed by atoms with Crippen LogP contribution in [-0.2, 0) is 4.79 Å². The van der Waals surface area contributed by atoms with Crippen LogP contribution in [0, 0.1) is 5.92 Å². The maximum atomic E-state index is 12.4. The van der Waals surface area contributed by atoms with Crippen molar-refractivity contribution in [3.63, 3.8) is 0 Å². The Morgan fingerprint density at radius 3 is 2.95 bits per heavy atom. The summed E-state index contributed by atoms with van der Waals surface area (Å²) >= 11 is 0. The molecule has 1 saturated heterocycles. The van der Waals surface area contributed by atoms with Gasteiger partial charge in [0.1, 0.15) is 5.78 Å². The van der Waals surface area contributed by atoms with Gasteiger partial charge in [-0.3, -0.25) is 14.6 Å². The number of carbonyl (C=O) groups is 2. The zero-order valence-corrected chi connectivity index (χ0v) is 12.4.